The number of nitrogens with one attached hydrogen (secondary N) is 1. The molecule has 0 aromatic rings. The second-order valence-corrected chi connectivity index (χ2v) is 9.50. The smallest absolute Gasteiger partial charge is 0.407 e. The Balaban J connectivity index is 1.70. The number of carbonyl (C=O) groups is 1. The lowest BCUT2D eigenvalue weighted by molar-refractivity contribution is -0.118. The van der Waals surface area contributed by atoms with Crippen LogP contribution in [0.4, 0.5) is 4.79 Å². The Labute approximate surface area is 174 Å². The fraction of sp³-hybridized carbons (Fsp3) is 0.864. The fourth-order valence-corrected chi connectivity index (χ4v) is 4.82. The van der Waals surface area contributed by atoms with Crippen molar-refractivity contribution in [2.45, 2.75) is 89.4 Å². The first-order valence-corrected chi connectivity index (χ1v) is 10.7. The van der Waals surface area contributed by atoms with E-state index in [1.54, 1.807) is 7.11 Å². The van der Waals surface area contributed by atoms with Crippen molar-refractivity contribution >= 4 is 6.09 Å². The number of alkyl carbamates (subject to hydrolysis) is 1. The van der Waals surface area contributed by atoms with E-state index in [2.05, 4.69) is 32.2 Å². The number of aliphatic hydroxyl groups excluding tert-OH is 1. The van der Waals surface area contributed by atoms with Crippen LogP contribution in [-0.2, 0) is 18.9 Å². The minimum atomic E-state index is -0.515. The van der Waals surface area contributed by atoms with Gasteiger partial charge in [-0.1, -0.05) is 25.5 Å². The summed E-state index contributed by atoms with van der Waals surface area (Å²) in [5.74, 6) is 0.114. The van der Waals surface area contributed by atoms with Gasteiger partial charge in [0.1, 0.15) is 23.4 Å². The van der Waals surface area contributed by atoms with Crippen molar-refractivity contribution in [3.05, 3.63) is 11.6 Å². The lowest BCUT2D eigenvalue weighted by atomic mass is 9.68. The van der Waals surface area contributed by atoms with Crippen LogP contribution in [0.2, 0.25) is 0 Å². The van der Waals surface area contributed by atoms with Crippen LogP contribution in [-0.4, -0.2) is 67.1 Å². The number of allylic oxidation sites excluding steroid dienone is 1. The van der Waals surface area contributed by atoms with E-state index in [0.29, 0.717) is 13.0 Å². The molecule has 1 spiro atoms. The summed E-state index contributed by atoms with van der Waals surface area (Å²) in [6, 6.07) is -0.335. The highest BCUT2D eigenvalue weighted by Gasteiger charge is 2.72. The van der Waals surface area contributed by atoms with E-state index in [-0.39, 0.29) is 54.0 Å². The molecule has 3 rings (SSSR count). The van der Waals surface area contributed by atoms with Gasteiger partial charge in [-0.05, 0) is 46.0 Å². The first kappa shape index (κ1) is 22.5. The van der Waals surface area contributed by atoms with Gasteiger partial charge in [0.05, 0.1) is 31.3 Å². The van der Waals surface area contributed by atoms with Gasteiger partial charge in [0, 0.05) is 7.11 Å². The molecule has 2 N–H and O–H groups in total. The average Bonchev–Trinajstić information content (AvgIpc) is 3.57. The van der Waals surface area contributed by atoms with Crippen LogP contribution < -0.4 is 5.32 Å². The number of epoxide rings is 2. The Morgan fingerprint density at radius 1 is 1.38 bits per heavy atom. The minimum absolute atomic E-state index is 0.000787. The molecule has 2 saturated heterocycles. The van der Waals surface area contributed by atoms with Crippen molar-refractivity contribution in [2.75, 3.05) is 20.3 Å². The first-order chi connectivity index (χ1) is 13.7. The van der Waals surface area contributed by atoms with Gasteiger partial charge in [0.2, 0.25) is 0 Å². The SMILES string of the molecule is CO[C@@H]1[C@H](OC(=O)NC(CO)C(C)C)CCC2(CO2)[C@H]1[C@@]1(C)O[C@@H]1CC=C(C)C. The summed E-state index contributed by atoms with van der Waals surface area (Å²) in [6.07, 6.45) is 3.48. The van der Waals surface area contributed by atoms with Crippen LogP contribution in [0.25, 0.3) is 0 Å². The van der Waals surface area contributed by atoms with Crippen LogP contribution in [0.5, 0.6) is 0 Å². The number of rotatable bonds is 8. The third-order valence-corrected chi connectivity index (χ3v) is 6.80. The highest BCUT2D eigenvalue weighted by atomic mass is 16.6. The number of hydrogen-bond donors (Lipinski definition) is 2. The minimum Gasteiger partial charge on any atom is -0.443 e. The molecule has 7 nitrogen and oxygen atoms in total. The number of aliphatic hydroxyl groups is 1. The molecule has 0 aromatic heterocycles. The molecule has 2 unspecified atom stereocenters. The molecule has 166 valence electrons. The lowest BCUT2D eigenvalue weighted by Crippen LogP contribution is -2.56. The zero-order valence-electron chi connectivity index (χ0n) is 18.6. The molecule has 0 bridgehead atoms. The monoisotopic (exact) mass is 411 g/mol. The number of carbonyl (C=O) groups excluding carboxylic acids is 1. The zero-order valence-corrected chi connectivity index (χ0v) is 18.6. The molecule has 29 heavy (non-hydrogen) atoms. The van der Waals surface area contributed by atoms with Crippen LogP contribution in [0, 0.1) is 11.8 Å². The normalized spacial score (nSPS) is 39.2. The van der Waals surface area contributed by atoms with Crippen LogP contribution in [0.3, 0.4) is 0 Å². The van der Waals surface area contributed by atoms with E-state index < -0.39 is 6.09 Å². The molecule has 3 aliphatic rings. The lowest BCUT2D eigenvalue weighted by Gasteiger charge is -2.42. The van der Waals surface area contributed by atoms with Gasteiger partial charge < -0.3 is 29.4 Å². The largest absolute Gasteiger partial charge is 0.443 e. The molecule has 7 heteroatoms. The number of ether oxygens (including phenoxy) is 4. The van der Waals surface area contributed by atoms with E-state index in [4.69, 9.17) is 18.9 Å². The van der Waals surface area contributed by atoms with Crippen molar-refractivity contribution in [1.29, 1.82) is 0 Å². The standard InChI is InChI=1S/C22H37NO6/c1-13(2)7-8-17-21(5,29-17)19-18(26-6)16(9-10-22(19)12-27-22)28-20(25)23-15(11-24)14(3)4/h7,14-19,24H,8-12H2,1-6H3,(H,23,25)/t15?,16-,17-,18-,19-,21+,22?/m1/s1. The third-order valence-electron chi connectivity index (χ3n) is 6.80. The van der Waals surface area contributed by atoms with Crippen LogP contribution in [0.15, 0.2) is 11.6 Å². The number of methoxy groups -OCH3 is 1. The molecule has 1 amide bonds. The van der Waals surface area contributed by atoms with E-state index in [0.717, 1.165) is 12.8 Å². The topological polar surface area (TPSA) is 92.9 Å². The first-order valence-electron chi connectivity index (χ1n) is 10.7. The predicted molar refractivity (Wildman–Crippen MR) is 109 cm³/mol. The number of amides is 1. The molecular formula is C22H37NO6. The highest BCUT2D eigenvalue weighted by molar-refractivity contribution is 5.68. The Morgan fingerprint density at radius 2 is 2.07 bits per heavy atom. The van der Waals surface area contributed by atoms with E-state index >= 15 is 0 Å². The third kappa shape index (κ3) is 4.63. The summed E-state index contributed by atoms with van der Waals surface area (Å²) in [6.45, 7) is 10.8. The molecule has 0 radical (unpaired) electrons. The molecule has 2 aliphatic heterocycles. The zero-order chi connectivity index (χ0) is 21.4. The van der Waals surface area contributed by atoms with Gasteiger partial charge in [-0.2, -0.15) is 0 Å². The van der Waals surface area contributed by atoms with E-state index in [1.165, 1.54) is 5.57 Å². The van der Waals surface area contributed by atoms with Crippen molar-refractivity contribution in [3.8, 4) is 0 Å². The van der Waals surface area contributed by atoms with Crippen LogP contribution in [0.1, 0.15) is 53.9 Å². The van der Waals surface area contributed by atoms with Gasteiger partial charge in [0.25, 0.3) is 0 Å². The molecular weight excluding hydrogens is 374 g/mol. The summed E-state index contributed by atoms with van der Waals surface area (Å²) >= 11 is 0. The molecule has 1 saturated carbocycles. The second kappa shape index (κ2) is 8.53. The second-order valence-electron chi connectivity index (χ2n) is 9.50. The summed E-state index contributed by atoms with van der Waals surface area (Å²) in [4.78, 5) is 12.5. The number of hydrogen-bond acceptors (Lipinski definition) is 6. The van der Waals surface area contributed by atoms with Gasteiger partial charge in [-0.3, -0.25) is 0 Å². The quantitative estimate of drug-likeness (QED) is 0.471. The van der Waals surface area contributed by atoms with Gasteiger partial charge in [-0.15, -0.1) is 0 Å². The maximum absolute atomic E-state index is 12.5. The Hall–Kier alpha value is -1.15. The Kier molecular flexibility index (Phi) is 6.63. The molecule has 1 aliphatic carbocycles. The van der Waals surface area contributed by atoms with E-state index in [1.807, 2.05) is 13.8 Å². The Bertz CT molecular complexity index is 627. The van der Waals surface area contributed by atoms with Crippen molar-refractivity contribution in [2.24, 2.45) is 11.8 Å². The predicted octanol–water partition coefficient (Wildman–Crippen LogP) is 2.81. The summed E-state index contributed by atoms with van der Waals surface area (Å²) in [5, 5.41) is 12.2. The molecule has 2 heterocycles. The molecule has 3 fully saturated rings. The van der Waals surface area contributed by atoms with Crippen molar-refractivity contribution in [1.82, 2.24) is 5.32 Å². The van der Waals surface area contributed by atoms with E-state index in [9.17, 15) is 9.90 Å². The highest BCUT2D eigenvalue weighted by Crippen LogP contribution is 2.59. The summed E-state index contributed by atoms with van der Waals surface area (Å²) in [7, 11) is 1.66. The van der Waals surface area contributed by atoms with Crippen molar-refractivity contribution in [3.63, 3.8) is 0 Å². The average molecular weight is 412 g/mol. The molecule has 0 aromatic carbocycles. The van der Waals surface area contributed by atoms with Crippen molar-refractivity contribution < 1.29 is 28.8 Å². The van der Waals surface area contributed by atoms with Gasteiger partial charge in [-0.25, -0.2) is 4.79 Å². The summed E-state index contributed by atoms with van der Waals surface area (Å²) < 4.78 is 23.8. The fourth-order valence-electron chi connectivity index (χ4n) is 4.82. The maximum atomic E-state index is 12.5. The molecule has 7 atom stereocenters. The summed E-state index contributed by atoms with van der Waals surface area (Å²) in [5.41, 5.74) is 0.679. The Morgan fingerprint density at radius 3 is 2.59 bits per heavy atom. The maximum Gasteiger partial charge on any atom is 0.407 e. The van der Waals surface area contributed by atoms with Gasteiger partial charge >= 0.3 is 6.09 Å². The van der Waals surface area contributed by atoms with Gasteiger partial charge in [0.15, 0.2) is 0 Å². The van der Waals surface area contributed by atoms with Crippen LogP contribution >= 0.6 is 0 Å².